The molecular formula is C18H24N4OS. The molecule has 24 heavy (non-hydrogen) atoms. The summed E-state index contributed by atoms with van der Waals surface area (Å²) in [4.78, 5) is 27.0. The Morgan fingerprint density at radius 2 is 2.04 bits per heavy atom. The average Bonchev–Trinajstić information content (AvgIpc) is 2.81. The number of carbonyl (C=O) groups excluding carboxylic acids is 1. The first-order chi connectivity index (χ1) is 11.6. The predicted octanol–water partition coefficient (Wildman–Crippen LogP) is 3.07. The van der Waals surface area contributed by atoms with E-state index in [9.17, 15) is 4.79 Å². The van der Waals surface area contributed by atoms with Gasteiger partial charge >= 0.3 is 0 Å². The van der Waals surface area contributed by atoms with Crippen molar-refractivity contribution in [2.75, 3.05) is 26.2 Å². The first-order valence-electron chi connectivity index (χ1n) is 8.48. The summed E-state index contributed by atoms with van der Waals surface area (Å²) in [7, 11) is 0. The van der Waals surface area contributed by atoms with Crippen LogP contribution in [0.15, 0.2) is 24.4 Å². The van der Waals surface area contributed by atoms with Crippen molar-refractivity contribution in [1.82, 2.24) is 19.8 Å². The summed E-state index contributed by atoms with van der Waals surface area (Å²) in [6.07, 6.45) is 2.78. The molecule has 5 nitrogen and oxygen atoms in total. The molecule has 1 saturated heterocycles. The number of amides is 1. The van der Waals surface area contributed by atoms with E-state index >= 15 is 0 Å². The monoisotopic (exact) mass is 344 g/mol. The highest BCUT2D eigenvalue weighted by Crippen LogP contribution is 2.27. The van der Waals surface area contributed by atoms with E-state index in [1.807, 2.05) is 30.0 Å². The van der Waals surface area contributed by atoms with E-state index in [4.69, 9.17) is 0 Å². The number of aryl methyl sites for hydroxylation is 1. The van der Waals surface area contributed by atoms with Gasteiger partial charge in [-0.3, -0.25) is 14.7 Å². The fourth-order valence-electron chi connectivity index (χ4n) is 2.99. The number of nitrogens with zero attached hydrogens (tertiary/aromatic N) is 4. The van der Waals surface area contributed by atoms with Crippen LogP contribution < -0.4 is 0 Å². The largest absolute Gasteiger partial charge is 0.337 e. The van der Waals surface area contributed by atoms with E-state index in [2.05, 4.69) is 28.7 Å². The maximum Gasteiger partial charge on any atom is 0.265 e. The van der Waals surface area contributed by atoms with Crippen molar-refractivity contribution in [3.63, 3.8) is 0 Å². The second kappa shape index (κ2) is 7.40. The molecule has 1 fully saturated rings. The van der Waals surface area contributed by atoms with Crippen molar-refractivity contribution in [3.05, 3.63) is 35.0 Å². The SMILES string of the molecule is Cc1nc(-c2ccccn2)sc1C(=O)N1CCCN(C(C)C)CC1. The van der Waals surface area contributed by atoms with Crippen LogP contribution in [-0.4, -0.2) is 57.9 Å². The Kier molecular flexibility index (Phi) is 5.26. The quantitative estimate of drug-likeness (QED) is 0.859. The maximum atomic E-state index is 13.0. The second-order valence-electron chi connectivity index (χ2n) is 6.42. The first-order valence-corrected chi connectivity index (χ1v) is 9.30. The lowest BCUT2D eigenvalue weighted by molar-refractivity contribution is 0.0763. The zero-order chi connectivity index (χ0) is 17.1. The molecule has 0 atom stereocenters. The zero-order valence-electron chi connectivity index (χ0n) is 14.5. The van der Waals surface area contributed by atoms with E-state index in [-0.39, 0.29) is 5.91 Å². The van der Waals surface area contributed by atoms with E-state index < -0.39 is 0 Å². The number of aromatic nitrogens is 2. The lowest BCUT2D eigenvalue weighted by atomic mass is 10.3. The van der Waals surface area contributed by atoms with Crippen LogP contribution in [0.3, 0.4) is 0 Å². The van der Waals surface area contributed by atoms with Gasteiger partial charge in [0.1, 0.15) is 9.88 Å². The van der Waals surface area contributed by atoms with Gasteiger partial charge in [-0.1, -0.05) is 6.07 Å². The third-order valence-electron chi connectivity index (χ3n) is 4.42. The van der Waals surface area contributed by atoms with Gasteiger partial charge in [-0.15, -0.1) is 11.3 Å². The Morgan fingerprint density at radius 1 is 1.21 bits per heavy atom. The van der Waals surface area contributed by atoms with Gasteiger partial charge in [0.05, 0.1) is 11.4 Å². The molecule has 0 aliphatic carbocycles. The Morgan fingerprint density at radius 3 is 2.75 bits per heavy atom. The fourth-order valence-corrected chi connectivity index (χ4v) is 4.01. The molecule has 3 heterocycles. The molecule has 2 aromatic rings. The summed E-state index contributed by atoms with van der Waals surface area (Å²) < 4.78 is 0. The molecule has 0 unspecified atom stereocenters. The highest BCUT2D eigenvalue weighted by atomic mass is 32.1. The van der Waals surface area contributed by atoms with Crippen LogP contribution in [-0.2, 0) is 0 Å². The van der Waals surface area contributed by atoms with Gasteiger partial charge in [0.25, 0.3) is 5.91 Å². The molecular weight excluding hydrogens is 320 g/mol. The van der Waals surface area contributed by atoms with Crippen molar-refractivity contribution in [2.24, 2.45) is 0 Å². The minimum atomic E-state index is 0.109. The maximum absolute atomic E-state index is 13.0. The molecule has 0 bridgehead atoms. The molecule has 0 saturated carbocycles. The number of pyridine rings is 1. The van der Waals surface area contributed by atoms with Gasteiger partial charge in [-0.25, -0.2) is 4.98 Å². The summed E-state index contributed by atoms with van der Waals surface area (Å²) >= 11 is 1.45. The van der Waals surface area contributed by atoms with Gasteiger partial charge in [0.2, 0.25) is 0 Å². The zero-order valence-corrected chi connectivity index (χ0v) is 15.3. The van der Waals surface area contributed by atoms with Crippen LogP contribution in [0.4, 0.5) is 0 Å². The topological polar surface area (TPSA) is 49.3 Å². The second-order valence-corrected chi connectivity index (χ2v) is 7.42. The number of rotatable bonds is 3. The van der Waals surface area contributed by atoms with Crippen molar-refractivity contribution in [1.29, 1.82) is 0 Å². The molecule has 0 radical (unpaired) electrons. The average molecular weight is 344 g/mol. The minimum absolute atomic E-state index is 0.109. The molecule has 1 aliphatic heterocycles. The minimum Gasteiger partial charge on any atom is -0.337 e. The van der Waals surface area contributed by atoms with Gasteiger partial charge in [-0.05, 0) is 39.3 Å². The van der Waals surface area contributed by atoms with Crippen molar-refractivity contribution in [2.45, 2.75) is 33.2 Å². The van der Waals surface area contributed by atoms with Crippen LogP contribution in [0.1, 0.15) is 35.6 Å². The third kappa shape index (κ3) is 3.65. The number of hydrogen-bond acceptors (Lipinski definition) is 5. The fraction of sp³-hybridized carbons (Fsp3) is 0.500. The Labute approximate surface area is 147 Å². The smallest absolute Gasteiger partial charge is 0.265 e. The number of carbonyl (C=O) groups is 1. The molecule has 128 valence electrons. The summed E-state index contributed by atoms with van der Waals surface area (Å²) in [6.45, 7) is 9.94. The highest BCUT2D eigenvalue weighted by molar-refractivity contribution is 7.17. The molecule has 3 rings (SSSR count). The van der Waals surface area contributed by atoms with E-state index in [0.29, 0.717) is 6.04 Å². The van der Waals surface area contributed by atoms with Gasteiger partial charge in [-0.2, -0.15) is 0 Å². The van der Waals surface area contributed by atoms with Crippen LogP contribution in [0.25, 0.3) is 10.7 Å². The summed E-state index contributed by atoms with van der Waals surface area (Å²) in [5.74, 6) is 0.109. The molecule has 0 aromatic carbocycles. The summed E-state index contributed by atoms with van der Waals surface area (Å²) in [5, 5.41) is 0.815. The normalized spacial score (nSPS) is 16.4. The predicted molar refractivity (Wildman–Crippen MR) is 97.3 cm³/mol. The molecule has 6 heteroatoms. The lowest BCUT2D eigenvalue weighted by Gasteiger charge is -2.24. The number of thiazole rings is 1. The molecule has 1 amide bonds. The lowest BCUT2D eigenvalue weighted by Crippen LogP contribution is -2.37. The van der Waals surface area contributed by atoms with Crippen molar-refractivity contribution in [3.8, 4) is 10.7 Å². The van der Waals surface area contributed by atoms with Gasteiger partial charge < -0.3 is 4.90 Å². The van der Waals surface area contributed by atoms with E-state index in [1.54, 1.807) is 6.20 Å². The highest BCUT2D eigenvalue weighted by Gasteiger charge is 2.25. The van der Waals surface area contributed by atoms with Crippen LogP contribution in [0.5, 0.6) is 0 Å². The molecule has 0 spiro atoms. The van der Waals surface area contributed by atoms with E-state index in [1.165, 1.54) is 11.3 Å². The summed E-state index contributed by atoms with van der Waals surface area (Å²) in [6, 6.07) is 6.28. The van der Waals surface area contributed by atoms with Crippen LogP contribution in [0.2, 0.25) is 0 Å². The Bertz CT molecular complexity index is 698. The van der Waals surface area contributed by atoms with E-state index in [0.717, 1.165) is 53.9 Å². The Balaban J connectivity index is 1.77. The van der Waals surface area contributed by atoms with Crippen molar-refractivity contribution >= 4 is 17.2 Å². The van der Waals surface area contributed by atoms with Crippen LogP contribution in [0, 0.1) is 6.92 Å². The van der Waals surface area contributed by atoms with Gasteiger partial charge in [0, 0.05) is 38.4 Å². The Hall–Kier alpha value is -1.79. The third-order valence-corrected chi connectivity index (χ3v) is 5.59. The summed E-state index contributed by atoms with van der Waals surface area (Å²) in [5.41, 5.74) is 1.63. The first kappa shape index (κ1) is 17.0. The molecule has 1 aliphatic rings. The number of hydrogen-bond donors (Lipinski definition) is 0. The molecule has 2 aromatic heterocycles. The standard InChI is InChI=1S/C18H24N4OS/c1-13(2)21-9-6-10-22(12-11-21)18(23)16-14(3)20-17(24-16)15-7-4-5-8-19-15/h4-5,7-8,13H,6,9-12H2,1-3H3. The van der Waals surface area contributed by atoms with Gasteiger partial charge in [0.15, 0.2) is 0 Å². The molecule has 0 N–H and O–H groups in total. The van der Waals surface area contributed by atoms with Crippen LogP contribution >= 0.6 is 11.3 Å². The van der Waals surface area contributed by atoms with Crippen molar-refractivity contribution < 1.29 is 4.79 Å².